The van der Waals surface area contributed by atoms with E-state index in [9.17, 15) is 4.79 Å². The minimum Gasteiger partial charge on any atom is -0.315 e. The quantitative estimate of drug-likeness (QED) is 0.777. The molecule has 4 heteroatoms. The number of rotatable bonds is 3. The van der Waals surface area contributed by atoms with Gasteiger partial charge in [-0.2, -0.15) is 0 Å². The van der Waals surface area contributed by atoms with Crippen molar-refractivity contribution in [3.63, 3.8) is 0 Å². The van der Waals surface area contributed by atoms with Crippen molar-refractivity contribution in [3.05, 3.63) is 28.7 Å². The summed E-state index contributed by atoms with van der Waals surface area (Å²) in [5.74, 6) is 0.384. The molecule has 1 aromatic rings. The fourth-order valence-corrected chi connectivity index (χ4v) is 1.63. The molecule has 2 nitrogen and oxygen atoms in total. The number of halogens is 2. The number of hydrogen-bond acceptors (Lipinski definition) is 1. The van der Waals surface area contributed by atoms with Crippen LogP contribution in [0, 0.1) is 0 Å². The second-order valence-corrected chi connectivity index (χ2v) is 4.17. The van der Waals surface area contributed by atoms with Crippen LogP contribution in [-0.2, 0) is 4.79 Å². The van der Waals surface area contributed by atoms with Crippen molar-refractivity contribution < 1.29 is 4.79 Å². The Kier molecular flexibility index (Phi) is 4.42. The van der Waals surface area contributed by atoms with E-state index in [4.69, 9.17) is 11.6 Å². The third-order valence-electron chi connectivity index (χ3n) is 1.88. The lowest BCUT2D eigenvalue weighted by atomic mass is 10.3. The van der Waals surface area contributed by atoms with Crippen molar-refractivity contribution in [1.29, 1.82) is 0 Å². The van der Waals surface area contributed by atoms with E-state index in [2.05, 4.69) is 15.9 Å². The molecule has 0 aliphatic rings. The summed E-state index contributed by atoms with van der Waals surface area (Å²) in [6.07, 6.45) is 0.366. The molecule has 0 radical (unpaired) electrons. The maximum atomic E-state index is 11.5. The first kappa shape index (κ1) is 11.5. The Labute approximate surface area is 97.0 Å². The third-order valence-corrected chi connectivity index (χ3v) is 2.56. The number of nitrogens with zero attached hydrogens (tertiary/aromatic N) is 1. The van der Waals surface area contributed by atoms with Crippen LogP contribution in [0.15, 0.2) is 28.7 Å². The van der Waals surface area contributed by atoms with Crippen molar-refractivity contribution in [2.24, 2.45) is 0 Å². The average molecular weight is 277 g/mol. The summed E-state index contributed by atoms with van der Waals surface area (Å²) in [6.45, 7) is 0. The highest BCUT2D eigenvalue weighted by Crippen LogP contribution is 2.19. The standard InChI is InChI=1S/C10H11BrClNO/c1-13(10(14)5-6-12)9-4-2-3-8(11)7-9/h2-4,7H,5-6H2,1H3. The van der Waals surface area contributed by atoms with Gasteiger partial charge in [-0.05, 0) is 18.2 Å². The van der Waals surface area contributed by atoms with Crippen LogP contribution in [0.25, 0.3) is 0 Å². The van der Waals surface area contributed by atoms with Gasteiger partial charge in [0.25, 0.3) is 0 Å². The molecule has 0 unspecified atom stereocenters. The molecule has 0 aliphatic carbocycles. The Morgan fingerprint density at radius 3 is 2.86 bits per heavy atom. The van der Waals surface area contributed by atoms with Gasteiger partial charge in [0.2, 0.25) is 5.91 Å². The number of hydrogen-bond donors (Lipinski definition) is 0. The Bertz CT molecular complexity index is 330. The van der Waals surface area contributed by atoms with E-state index in [1.54, 1.807) is 11.9 Å². The van der Waals surface area contributed by atoms with Crippen molar-refractivity contribution in [2.45, 2.75) is 6.42 Å². The minimum atomic E-state index is 0.0260. The molecule has 1 amide bonds. The number of anilines is 1. The molecule has 0 aliphatic heterocycles. The Morgan fingerprint density at radius 1 is 1.57 bits per heavy atom. The van der Waals surface area contributed by atoms with E-state index in [0.717, 1.165) is 10.2 Å². The fraction of sp³-hybridized carbons (Fsp3) is 0.300. The molecule has 1 rings (SSSR count). The van der Waals surface area contributed by atoms with E-state index < -0.39 is 0 Å². The molecule has 0 heterocycles. The summed E-state index contributed by atoms with van der Waals surface area (Å²) in [4.78, 5) is 13.1. The molecular weight excluding hydrogens is 265 g/mol. The number of benzene rings is 1. The molecule has 0 saturated heterocycles. The first-order valence-corrected chi connectivity index (χ1v) is 5.56. The van der Waals surface area contributed by atoms with Gasteiger partial charge in [-0.3, -0.25) is 4.79 Å². The predicted molar refractivity (Wildman–Crippen MR) is 62.9 cm³/mol. The van der Waals surface area contributed by atoms with Gasteiger partial charge in [0.1, 0.15) is 0 Å². The van der Waals surface area contributed by atoms with Crippen LogP contribution in [0.2, 0.25) is 0 Å². The number of carbonyl (C=O) groups is 1. The van der Waals surface area contributed by atoms with Gasteiger partial charge in [-0.25, -0.2) is 0 Å². The topological polar surface area (TPSA) is 20.3 Å². The first-order chi connectivity index (χ1) is 6.65. The van der Waals surface area contributed by atoms with E-state index >= 15 is 0 Å². The summed E-state index contributed by atoms with van der Waals surface area (Å²) in [5, 5.41) is 0. The molecule has 1 aromatic carbocycles. The molecule has 0 aromatic heterocycles. The van der Waals surface area contributed by atoms with Crippen molar-refractivity contribution in [3.8, 4) is 0 Å². The number of carbonyl (C=O) groups excluding carboxylic acids is 1. The van der Waals surface area contributed by atoms with Gasteiger partial charge in [-0.1, -0.05) is 22.0 Å². The maximum Gasteiger partial charge on any atom is 0.227 e. The zero-order valence-corrected chi connectivity index (χ0v) is 10.2. The molecule has 0 bridgehead atoms. The summed E-state index contributed by atoms with van der Waals surface area (Å²) in [6, 6.07) is 7.59. The van der Waals surface area contributed by atoms with E-state index in [1.165, 1.54) is 0 Å². The zero-order valence-electron chi connectivity index (χ0n) is 7.84. The van der Waals surface area contributed by atoms with Crippen LogP contribution in [0.5, 0.6) is 0 Å². The molecule has 0 saturated carbocycles. The fourth-order valence-electron chi connectivity index (χ4n) is 1.08. The van der Waals surface area contributed by atoms with Crippen molar-refractivity contribution in [1.82, 2.24) is 0 Å². The van der Waals surface area contributed by atoms with Gasteiger partial charge < -0.3 is 4.90 Å². The second kappa shape index (κ2) is 5.37. The van der Waals surface area contributed by atoms with Gasteiger partial charge in [-0.15, -0.1) is 11.6 Å². The third kappa shape index (κ3) is 3.00. The Balaban J connectivity index is 2.78. The second-order valence-electron chi connectivity index (χ2n) is 2.87. The smallest absolute Gasteiger partial charge is 0.227 e. The lowest BCUT2D eigenvalue weighted by Gasteiger charge is -2.16. The summed E-state index contributed by atoms with van der Waals surface area (Å²) >= 11 is 8.86. The maximum absolute atomic E-state index is 11.5. The van der Waals surface area contributed by atoms with E-state index in [1.807, 2.05) is 24.3 Å². The SMILES string of the molecule is CN(C(=O)CCCl)c1cccc(Br)c1. The highest BCUT2D eigenvalue weighted by atomic mass is 79.9. The molecule has 0 N–H and O–H groups in total. The highest BCUT2D eigenvalue weighted by molar-refractivity contribution is 9.10. The molecule has 0 atom stereocenters. The number of alkyl halides is 1. The van der Waals surface area contributed by atoms with Gasteiger partial charge in [0.05, 0.1) is 0 Å². The summed E-state index contributed by atoms with van der Waals surface area (Å²) in [7, 11) is 1.75. The minimum absolute atomic E-state index is 0.0260. The first-order valence-electron chi connectivity index (χ1n) is 4.23. The largest absolute Gasteiger partial charge is 0.315 e. The molecular formula is C10H11BrClNO. The Morgan fingerprint density at radius 2 is 2.29 bits per heavy atom. The predicted octanol–water partition coefficient (Wildman–Crippen LogP) is 3.04. The van der Waals surface area contributed by atoms with Crippen LogP contribution in [-0.4, -0.2) is 18.8 Å². The lowest BCUT2D eigenvalue weighted by Crippen LogP contribution is -2.26. The lowest BCUT2D eigenvalue weighted by molar-refractivity contribution is -0.117. The molecule has 0 fully saturated rings. The Hall–Kier alpha value is -0.540. The van der Waals surface area contributed by atoms with Crippen LogP contribution in [0.3, 0.4) is 0 Å². The number of amides is 1. The van der Waals surface area contributed by atoms with E-state index in [0.29, 0.717) is 12.3 Å². The molecule has 76 valence electrons. The summed E-state index contributed by atoms with van der Waals surface area (Å²) < 4.78 is 0.959. The van der Waals surface area contributed by atoms with E-state index in [-0.39, 0.29) is 5.91 Å². The highest BCUT2D eigenvalue weighted by Gasteiger charge is 2.09. The van der Waals surface area contributed by atoms with Crippen LogP contribution in [0.1, 0.15) is 6.42 Å². The molecule has 14 heavy (non-hydrogen) atoms. The zero-order chi connectivity index (χ0) is 10.6. The average Bonchev–Trinajstić information content (AvgIpc) is 2.17. The van der Waals surface area contributed by atoms with Crippen LogP contribution in [0.4, 0.5) is 5.69 Å². The van der Waals surface area contributed by atoms with Crippen molar-refractivity contribution in [2.75, 3.05) is 17.8 Å². The normalized spacial score (nSPS) is 9.93. The monoisotopic (exact) mass is 275 g/mol. The van der Waals surface area contributed by atoms with Gasteiger partial charge in [0.15, 0.2) is 0 Å². The molecule has 0 spiro atoms. The van der Waals surface area contributed by atoms with Crippen LogP contribution < -0.4 is 4.90 Å². The van der Waals surface area contributed by atoms with Gasteiger partial charge in [0, 0.05) is 29.5 Å². The summed E-state index contributed by atoms with van der Waals surface area (Å²) in [5.41, 5.74) is 0.870. The van der Waals surface area contributed by atoms with Crippen LogP contribution >= 0.6 is 27.5 Å². The van der Waals surface area contributed by atoms with Crippen molar-refractivity contribution >= 4 is 39.1 Å². The van der Waals surface area contributed by atoms with Gasteiger partial charge >= 0.3 is 0 Å².